The molecule has 0 bridgehead atoms. The molecule has 0 aliphatic rings. The van der Waals surface area contributed by atoms with Crippen molar-refractivity contribution >= 4 is 34.4 Å². The molecule has 0 radical (unpaired) electrons. The first kappa shape index (κ1) is 13.8. The van der Waals surface area contributed by atoms with Gasteiger partial charge in [-0.1, -0.05) is 0 Å². The molecular weight excluding hydrogens is 260 g/mol. The van der Waals surface area contributed by atoms with Crippen LogP contribution in [0.1, 0.15) is 6.42 Å². The van der Waals surface area contributed by atoms with Crippen molar-refractivity contribution in [1.82, 2.24) is 9.97 Å². The van der Waals surface area contributed by atoms with Crippen LogP contribution in [-0.4, -0.2) is 33.9 Å². The van der Waals surface area contributed by atoms with E-state index in [1.165, 1.54) is 0 Å². The lowest BCUT2D eigenvalue weighted by Crippen LogP contribution is -2.36. The molecule has 1 atom stereocenters. The van der Waals surface area contributed by atoms with Gasteiger partial charge in [-0.3, -0.25) is 14.8 Å². The lowest BCUT2D eigenvalue weighted by atomic mass is 10.2. The molecule has 1 amide bonds. The van der Waals surface area contributed by atoms with Crippen molar-refractivity contribution in [3.63, 3.8) is 0 Å². The Bertz CT molecular complexity index is 575. The maximum atomic E-state index is 11.9. The van der Waals surface area contributed by atoms with E-state index in [1.807, 2.05) is 12.3 Å². The van der Waals surface area contributed by atoms with Crippen LogP contribution in [0.3, 0.4) is 0 Å². The molecule has 0 saturated heterocycles. The summed E-state index contributed by atoms with van der Waals surface area (Å²) in [6, 6.07) is 4.94. The zero-order valence-electron chi connectivity index (χ0n) is 10.7. The van der Waals surface area contributed by atoms with E-state index in [0.29, 0.717) is 12.1 Å². The zero-order chi connectivity index (χ0) is 13.7. The number of benzene rings is 1. The second-order valence-corrected chi connectivity index (χ2v) is 5.12. The Morgan fingerprint density at radius 3 is 2.84 bits per heavy atom. The van der Waals surface area contributed by atoms with E-state index in [1.54, 1.807) is 36.3 Å². The highest BCUT2D eigenvalue weighted by molar-refractivity contribution is 7.98. The van der Waals surface area contributed by atoms with Crippen LogP contribution in [0.4, 0.5) is 5.69 Å². The Kier molecular flexibility index (Phi) is 4.70. The van der Waals surface area contributed by atoms with Crippen LogP contribution in [0, 0.1) is 0 Å². The number of anilines is 1. The number of fused-ring (bicyclic) bond motifs is 1. The summed E-state index contributed by atoms with van der Waals surface area (Å²) in [4.78, 5) is 20.2. The van der Waals surface area contributed by atoms with E-state index in [4.69, 9.17) is 5.73 Å². The first-order chi connectivity index (χ1) is 9.20. The molecule has 0 aliphatic heterocycles. The molecule has 1 heterocycles. The minimum absolute atomic E-state index is 0.169. The molecule has 2 rings (SSSR count). The van der Waals surface area contributed by atoms with Gasteiger partial charge in [0.25, 0.3) is 0 Å². The second-order valence-electron chi connectivity index (χ2n) is 4.14. The molecule has 0 aliphatic carbocycles. The number of nitrogens with zero attached hydrogens (tertiary/aromatic N) is 2. The number of carbonyl (C=O) groups is 1. The number of aromatic nitrogens is 2. The second kappa shape index (κ2) is 6.49. The fourth-order valence-electron chi connectivity index (χ4n) is 1.65. The fraction of sp³-hybridized carbons (Fsp3) is 0.308. The summed E-state index contributed by atoms with van der Waals surface area (Å²) in [5, 5.41) is 2.80. The van der Waals surface area contributed by atoms with Gasteiger partial charge in [0.1, 0.15) is 0 Å². The van der Waals surface area contributed by atoms with Crippen LogP contribution in [0.2, 0.25) is 0 Å². The molecule has 0 unspecified atom stereocenters. The van der Waals surface area contributed by atoms with Crippen LogP contribution in [-0.2, 0) is 4.79 Å². The number of nitrogens with two attached hydrogens (primary N) is 1. The van der Waals surface area contributed by atoms with Gasteiger partial charge in [0.05, 0.1) is 17.1 Å². The summed E-state index contributed by atoms with van der Waals surface area (Å²) in [6.45, 7) is 0. The fourth-order valence-corrected chi connectivity index (χ4v) is 2.14. The Morgan fingerprint density at radius 2 is 2.11 bits per heavy atom. The Balaban J connectivity index is 2.06. The molecule has 6 heteroatoms. The Labute approximate surface area is 116 Å². The molecule has 0 spiro atoms. The smallest absolute Gasteiger partial charge is 0.241 e. The van der Waals surface area contributed by atoms with E-state index in [0.717, 1.165) is 16.8 Å². The van der Waals surface area contributed by atoms with E-state index >= 15 is 0 Å². The molecule has 2 aromatic rings. The van der Waals surface area contributed by atoms with Gasteiger partial charge in [0.2, 0.25) is 5.91 Å². The molecule has 5 nitrogen and oxygen atoms in total. The molecular formula is C13H16N4OS. The maximum Gasteiger partial charge on any atom is 0.241 e. The van der Waals surface area contributed by atoms with Gasteiger partial charge in [0.15, 0.2) is 0 Å². The summed E-state index contributed by atoms with van der Waals surface area (Å²) in [7, 11) is 0. The van der Waals surface area contributed by atoms with Gasteiger partial charge in [-0.25, -0.2) is 0 Å². The van der Waals surface area contributed by atoms with Crippen molar-refractivity contribution in [2.24, 2.45) is 5.73 Å². The van der Waals surface area contributed by atoms with Gasteiger partial charge < -0.3 is 11.1 Å². The van der Waals surface area contributed by atoms with Crippen molar-refractivity contribution in [3.05, 3.63) is 30.6 Å². The molecule has 0 saturated carbocycles. The van der Waals surface area contributed by atoms with Crippen LogP contribution in [0.25, 0.3) is 11.0 Å². The number of nitrogens with one attached hydrogen (secondary N) is 1. The molecule has 0 fully saturated rings. The van der Waals surface area contributed by atoms with Gasteiger partial charge in [-0.05, 0) is 36.6 Å². The quantitative estimate of drug-likeness (QED) is 0.868. The largest absolute Gasteiger partial charge is 0.325 e. The van der Waals surface area contributed by atoms with Crippen molar-refractivity contribution in [2.75, 3.05) is 17.3 Å². The normalized spacial score (nSPS) is 12.3. The molecule has 1 aromatic heterocycles. The summed E-state index contributed by atoms with van der Waals surface area (Å²) in [5.41, 5.74) is 8.05. The maximum absolute atomic E-state index is 11.9. The number of hydrogen-bond acceptors (Lipinski definition) is 5. The molecule has 19 heavy (non-hydrogen) atoms. The Morgan fingerprint density at radius 1 is 1.37 bits per heavy atom. The van der Waals surface area contributed by atoms with Gasteiger partial charge in [-0.2, -0.15) is 11.8 Å². The number of hydrogen-bond donors (Lipinski definition) is 2. The molecule has 1 aromatic carbocycles. The zero-order valence-corrected chi connectivity index (χ0v) is 11.5. The summed E-state index contributed by atoms with van der Waals surface area (Å²) in [6.07, 6.45) is 5.92. The monoisotopic (exact) mass is 276 g/mol. The van der Waals surface area contributed by atoms with Gasteiger partial charge >= 0.3 is 0 Å². The van der Waals surface area contributed by atoms with Crippen LogP contribution >= 0.6 is 11.8 Å². The van der Waals surface area contributed by atoms with Crippen LogP contribution < -0.4 is 11.1 Å². The Hall–Kier alpha value is -1.66. The lowest BCUT2D eigenvalue weighted by molar-refractivity contribution is -0.117. The SMILES string of the molecule is CSCC[C@@H](N)C(=O)Nc1ccc2nccnc2c1. The van der Waals surface area contributed by atoms with Crippen molar-refractivity contribution in [3.8, 4) is 0 Å². The third-order valence-corrected chi connectivity index (χ3v) is 3.35. The molecule has 100 valence electrons. The van der Waals surface area contributed by atoms with E-state index in [2.05, 4.69) is 15.3 Å². The summed E-state index contributed by atoms with van der Waals surface area (Å²) < 4.78 is 0. The highest BCUT2D eigenvalue weighted by Gasteiger charge is 2.13. The van der Waals surface area contributed by atoms with E-state index in [-0.39, 0.29) is 5.91 Å². The molecule has 3 N–H and O–H groups in total. The van der Waals surface area contributed by atoms with Gasteiger partial charge in [0, 0.05) is 18.1 Å². The highest BCUT2D eigenvalue weighted by atomic mass is 32.2. The third-order valence-electron chi connectivity index (χ3n) is 2.71. The van der Waals surface area contributed by atoms with Gasteiger partial charge in [-0.15, -0.1) is 0 Å². The number of amides is 1. The minimum atomic E-state index is -0.481. The lowest BCUT2D eigenvalue weighted by Gasteiger charge is -2.11. The minimum Gasteiger partial charge on any atom is -0.325 e. The topological polar surface area (TPSA) is 80.9 Å². The van der Waals surface area contributed by atoms with Crippen molar-refractivity contribution in [2.45, 2.75) is 12.5 Å². The number of carbonyl (C=O) groups excluding carboxylic acids is 1. The predicted molar refractivity (Wildman–Crippen MR) is 79.1 cm³/mol. The number of thioether (sulfide) groups is 1. The third kappa shape index (κ3) is 3.65. The van der Waals surface area contributed by atoms with E-state index in [9.17, 15) is 4.79 Å². The predicted octanol–water partition coefficient (Wildman–Crippen LogP) is 1.65. The average Bonchev–Trinajstić information content (AvgIpc) is 2.44. The standard InChI is InChI=1S/C13H16N4OS/c1-19-7-4-10(14)13(18)17-9-2-3-11-12(8-9)16-6-5-15-11/h2-3,5-6,8,10H,4,7,14H2,1H3,(H,17,18)/t10-/m1/s1. The highest BCUT2D eigenvalue weighted by Crippen LogP contribution is 2.15. The summed E-state index contributed by atoms with van der Waals surface area (Å²) >= 11 is 1.68. The first-order valence-corrected chi connectivity index (χ1v) is 7.36. The van der Waals surface area contributed by atoms with Crippen LogP contribution in [0.15, 0.2) is 30.6 Å². The first-order valence-electron chi connectivity index (χ1n) is 5.97. The van der Waals surface area contributed by atoms with Crippen molar-refractivity contribution < 1.29 is 4.79 Å². The summed E-state index contributed by atoms with van der Waals surface area (Å²) in [5.74, 6) is 0.704. The van der Waals surface area contributed by atoms with E-state index < -0.39 is 6.04 Å². The van der Waals surface area contributed by atoms with Crippen LogP contribution in [0.5, 0.6) is 0 Å². The number of rotatable bonds is 5. The van der Waals surface area contributed by atoms with Crippen molar-refractivity contribution in [1.29, 1.82) is 0 Å². The average molecular weight is 276 g/mol.